The molecule has 90 valence electrons. The van der Waals surface area contributed by atoms with Gasteiger partial charge in [-0.25, -0.2) is 9.50 Å². The summed E-state index contributed by atoms with van der Waals surface area (Å²) in [4.78, 5) is 3.92. The van der Waals surface area contributed by atoms with E-state index in [0.29, 0.717) is 0 Å². The van der Waals surface area contributed by atoms with Gasteiger partial charge in [0.15, 0.2) is 5.65 Å². The SMILES string of the molecule is FC(F)(F)C1(c2cc(Cl)nn3ccnc23)CC1. The van der Waals surface area contributed by atoms with Crippen LogP contribution in [0.3, 0.4) is 0 Å². The first-order chi connectivity index (χ1) is 7.94. The molecule has 1 aliphatic rings. The summed E-state index contributed by atoms with van der Waals surface area (Å²) in [5, 5.41) is 3.91. The minimum absolute atomic E-state index is 0.0426. The molecule has 0 aliphatic heterocycles. The molecule has 0 radical (unpaired) electrons. The van der Waals surface area contributed by atoms with E-state index in [9.17, 15) is 13.2 Å². The molecule has 1 fully saturated rings. The van der Waals surface area contributed by atoms with Crippen LogP contribution >= 0.6 is 11.6 Å². The average Bonchev–Trinajstić information content (AvgIpc) is 2.91. The van der Waals surface area contributed by atoms with E-state index in [2.05, 4.69) is 10.1 Å². The number of imidazole rings is 1. The molecule has 0 saturated heterocycles. The molecule has 0 atom stereocenters. The number of halogens is 4. The van der Waals surface area contributed by atoms with Gasteiger partial charge in [-0.15, -0.1) is 0 Å². The molecule has 17 heavy (non-hydrogen) atoms. The van der Waals surface area contributed by atoms with E-state index in [-0.39, 0.29) is 29.2 Å². The van der Waals surface area contributed by atoms with E-state index in [1.54, 1.807) is 0 Å². The van der Waals surface area contributed by atoms with Gasteiger partial charge in [-0.3, -0.25) is 0 Å². The van der Waals surface area contributed by atoms with Crippen LogP contribution in [-0.4, -0.2) is 20.8 Å². The van der Waals surface area contributed by atoms with Crippen LogP contribution in [0.1, 0.15) is 18.4 Å². The predicted octanol–water partition coefficient (Wildman–Crippen LogP) is 2.98. The maximum atomic E-state index is 13.0. The second-order valence-electron chi connectivity index (χ2n) is 4.16. The number of aromatic nitrogens is 3. The molecular formula is C10H7ClF3N3. The first-order valence-electron chi connectivity index (χ1n) is 5.01. The minimum Gasteiger partial charge on any atom is -0.235 e. The summed E-state index contributed by atoms with van der Waals surface area (Å²) >= 11 is 5.74. The zero-order valence-electron chi connectivity index (χ0n) is 8.50. The molecule has 0 bridgehead atoms. The Balaban J connectivity index is 2.27. The molecule has 7 heteroatoms. The summed E-state index contributed by atoms with van der Waals surface area (Å²) in [6, 6.07) is 1.27. The fraction of sp³-hybridized carbons (Fsp3) is 0.400. The topological polar surface area (TPSA) is 30.2 Å². The second-order valence-corrected chi connectivity index (χ2v) is 4.54. The lowest BCUT2D eigenvalue weighted by Gasteiger charge is -2.19. The largest absolute Gasteiger partial charge is 0.398 e. The van der Waals surface area contributed by atoms with Gasteiger partial charge in [-0.1, -0.05) is 11.6 Å². The molecule has 2 aromatic heterocycles. The van der Waals surface area contributed by atoms with Crippen LogP contribution in [0, 0.1) is 0 Å². The molecule has 0 amide bonds. The van der Waals surface area contributed by atoms with Crippen LogP contribution in [0.2, 0.25) is 5.15 Å². The number of nitrogens with zero attached hydrogens (tertiary/aromatic N) is 3. The lowest BCUT2D eigenvalue weighted by atomic mass is 9.97. The van der Waals surface area contributed by atoms with Crippen LogP contribution in [0.4, 0.5) is 13.2 Å². The summed E-state index contributed by atoms with van der Waals surface area (Å²) in [5.41, 5.74) is -1.44. The smallest absolute Gasteiger partial charge is 0.235 e. The van der Waals surface area contributed by atoms with E-state index in [4.69, 9.17) is 11.6 Å². The van der Waals surface area contributed by atoms with Crippen LogP contribution in [-0.2, 0) is 5.41 Å². The summed E-state index contributed by atoms with van der Waals surface area (Å²) in [7, 11) is 0. The quantitative estimate of drug-likeness (QED) is 0.790. The van der Waals surface area contributed by atoms with Crippen molar-refractivity contribution in [2.45, 2.75) is 24.4 Å². The highest BCUT2D eigenvalue weighted by atomic mass is 35.5. The number of fused-ring (bicyclic) bond motifs is 1. The molecule has 0 aromatic carbocycles. The van der Waals surface area contributed by atoms with E-state index in [0.717, 1.165) is 0 Å². The lowest BCUT2D eigenvalue weighted by Crippen LogP contribution is -2.29. The van der Waals surface area contributed by atoms with Crippen molar-refractivity contribution in [2.75, 3.05) is 0 Å². The lowest BCUT2D eigenvalue weighted by molar-refractivity contribution is -0.160. The summed E-state index contributed by atoms with van der Waals surface area (Å²) in [5.74, 6) is 0. The fourth-order valence-electron chi connectivity index (χ4n) is 2.07. The third kappa shape index (κ3) is 1.43. The summed E-state index contributed by atoms with van der Waals surface area (Å²) in [6.45, 7) is 0. The Morgan fingerprint density at radius 3 is 2.65 bits per heavy atom. The molecule has 3 nitrogen and oxygen atoms in total. The maximum Gasteiger partial charge on any atom is 0.398 e. The van der Waals surface area contributed by atoms with Gasteiger partial charge in [0, 0.05) is 18.0 Å². The minimum atomic E-state index is -4.27. The van der Waals surface area contributed by atoms with Crippen molar-refractivity contribution in [3.05, 3.63) is 29.2 Å². The van der Waals surface area contributed by atoms with Crippen LogP contribution in [0.15, 0.2) is 18.5 Å². The Bertz CT molecular complexity index is 586. The second kappa shape index (κ2) is 3.13. The van der Waals surface area contributed by atoms with Gasteiger partial charge in [-0.2, -0.15) is 18.3 Å². The van der Waals surface area contributed by atoms with E-state index >= 15 is 0 Å². The fourth-order valence-corrected chi connectivity index (χ4v) is 2.26. The third-order valence-electron chi connectivity index (χ3n) is 3.14. The molecule has 1 aliphatic carbocycles. The first kappa shape index (κ1) is 10.8. The summed E-state index contributed by atoms with van der Waals surface area (Å²) in [6.07, 6.45) is -1.21. The predicted molar refractivity (Wildman–Crippen MR) is 55.0 cm³/mol. The standard InChI is InChI=1S/C10H7ClF3N3/c11-7-5-6(8-15-3-4-17(8)16-7)9(1-2-9)10(12,13)14/h3-5H,1-2H2. The first-order valence-corrected chi connectivity index (χ1v) is 5.39. The zero-order valence-corrected chi connectivity index (χ0v) is 9.26. The normalized spacial score (nSPS) is 18.6. The van der Waals surface area contributed by atoms with E-state index in [1.165, 1.54) is 23.0 Å². The van der Waals surface area contributed by atoms with Crippen molar-refractivity contribution < 1.29 is 13.2 Å². The van der Waals surface area contributed by atoms with Crippen molar-refractivity contribution in [3.8, 4) is 0 Å². The molecular weight excluding hydrogens is 255 g/mol. The van der Waals surface area contributed by atoms with Crippen molar-refractivity contribution in [1.29, 1.82) is 0 Å². The highest BCUT2D eigenvalue weighted by Gasteiger charge is 2.65. The van der Waals surface area contributed by atoms with Crippen molar-refractivity contribution in [3.63, 3.8) is 0 Å². The van der Waals surface area contributed by atoms with Crippen molar-refractivity contribution >= 4 is 17.2 Å². The van der Waals surface area contributed by atoms with Gasteiger partial charge in [-0.05, 0) is 18.9 Å². The molecule has 2 heterocycles. The van der Waals surface area contributed by atoms with Gasteiger partial charge >= 0.3 is 6.18 Å². The average molecular weight is 262 g/mol. The monoisotopic (exact) mass is 261 g/mol. The summed E-state index contributed by atoms with van der Waals surface area (Å²) < 4.78 is 40.4. The molecule has 2 aromatic rings. The van der Waals surface area contributed by atoms with E-state index < -0.39 is 11.6 Å². The Labute approximate surface area is 99.2 Å². The molecule has 0 spiro atoms. The van der Waals surface area contributed by atoms with Crippen LogP contribution in [0.5, 0.6) is 0 Å². The highest BCUT2D eigenvalue weighted by Crippen LogP contribution is 2.59. The van der Waals surface area contributed by atoms with Gasteiger partial charge < -0.3 is 0 Å². The van der Waals surface area contributed by atoms with Gasteiger partial charge in [0.2, 0.25) is 0 Å². The molecule has 1 saturated carbocycles. The Morgan fingerprint density at radius 2 is 2.06 bits per heavy atom. The van der Waals surface area contributed by atoms with Gasteiger partial charge in [0.05, 0.1) is 5.41 Å². The Kier molecular flexibility index (Phi) is 1.99. The number of hydrogen-bond donors (Lipinski definition) is 0. The van der Waals surface area contributed by atoms with E-state index in [1.807, 2.05) is 0 Å². The Morgan fingerprint density at radius 1 is 1.35 bits per heavy atom. The third-order valence-corrected chi connectivity index (χ3v) is 3.32. The van der Waals surface area contributed by atoms with Crippen molar-refractivity contribution in [1.82, 2.24) is 14.6 Å². The van der Waals surface area contributed by atoms with Gasteiger partial charge in [0.1, 0.15) is 5.15 Å². The molecule has 0 N–H and O–H groups in total. The zero-order chi connectivity index (χ0) is 12.3. The molecule has 0 unspecified atom stereocenters. The number of alkyl halides is 3. The van der Waals surface area contributed by atoms with Gasteiger partial charge in [0.25, 0.3) is 0 Å². The van der Waals surface area contributed by atoms with Crippen molar-refractivity contribution in [2.24, 2.45) is 0 Å². The Hall–Kier alpha value is -1.30. The maximum absolute atomic E-state index is 13.0. The molecule has 3 rings (SSSR count). The van der Waals surface area contributed by atoms with Crippen LogP contribution in [0.25, 0.3) is 5.65 Å². The van der Waals surface area contributed by atoms with Crippen LogP contribution < -0.4 is 0 Å². The highest BCUT2D eigenvalue weighted by molar-refractivity contribution is 6.29. The number of rotatable bonds is 1. The number of hydrogen-bond acceptors (Lipinski definition) is 2.